The van der Waals surface area contributed by atoms with Gasteiger partial charge in [0.2, 0.25) is 0 Å². The molecule has 0 radical (unpaired) electrons. The highest BCUT2D eigenvalue weighted by Gasteiger charge is 2.35. The lowest BCUT2D eigenvalue weighted by atomic mass is 9.81. The van der Waals surface area contributed by atoms with E-state index in [9.17, 15) is 24.0 Å². The van der Waals surface area contributed by atoms with Crippen LogP contribution in [0.25, 0.3) is 0 Å². The van der Waals surface area contributed by atoms with Crippen molar-refractivity contribution < 1.29 is 38.2 Å². The van der Waals surface area contributed by atoms with Crippen LogP contribution in [0.3, 0.4) is 0 Å². The number of esters is 3. The Morgan fingerprint density at radius 3 is 1.66 bits per heavy atom. The fourth-order valence-corrected chi connectivity index (χ4v) is 3.19. The second kappa shape index (κ2) is 7.31. The first-order valence-electron chi connectivity index (χ1n) is 8.55. The fourth-order valence-electron chi connectivity index (χ4n) is 3.19. The standard InChI is InChI=1S/C21H16O8/c1-9-5-13(27-10(2)22)6-15-18(9)21(26)19-16(20(15)25)7-14(28-11(3)23)8-17(19)29-12(4)24/h5-8H,1-4H3. The van der Waals surface area contributed by atoms with Crippen molar-refractivity contribution >= 4 is 29.5 Å². The van der Waals surface area contributed by atoms with Crippen LogP contribution in [0.5, 0.6) is 17.2 Å². The minimum Gasteiger partial charge on any atom is -0.427 e. The van der Waals surface area contributed by atoms with Gasteiger partial charge in [0.1, 0.15) is 17.2 Å². The average molecular weight is 396 g/mol. The normalized spacial score (nSPS) is 12.0. The molecule has 0 fully saturated rings. The van der Waals surface area contributed by atoms with E-state index in [1.54, 1.807) is 6.92 Å². The largest absolute Gasteiger partial charge is 0.427 e. The summed E-state index contributed by atoms with van der Waals surface area (Å²) in [6.07, 6.45) is 0. The van der Waals surface area contributed by atoms with Gasteiger partial charge in [-0.2, -0.15) is 0 Å². The number of rotatable bonds is 3. The number of ketones is 2. The van der Waals surface area contributed by atoms with Crippen molar-refractivity contribution in [3.63, 3.8) is 0 Å². The number of carbonyl (C=O) groups excluding carboxylic acids is 5. The molecule has 0 amide bonds. The molecule has 2 aromatic carbocycles. The van der Waals surface area contributed by atoms with Crippen molar-refractivity contribution in [2.24, 2.45) is 0 Å². The van der Waals surface area contributed by atoms with Crippen molar-refractivity contribution in [3.05, 3.63) is 52.1 Å². The summed E-state index contributed by atoms with van der Waals surface area (Å²) in [6, 6.07) is 5.22. The van der Waals surface area contributed by atoms with Crippen molar-refractivity contribution in [2.75, 3.05) is 0 Å². The Morgan fingerprint density at radius 1 is 0.655 bits per heavy atom. The van der Waals surface area contributed by atoms with E-state index in [4.69, 9.17) is 14.2 Å². The monoisotopic (exact) mass is 396 g/mol. The highest BCUT2D eigenvalue weighted by Crippen LogP contribution is 2.39. The fraction of sp³-hybridized carbons (Fsp3) is 0.190. The van der Waals surface area contributed by atoms with E-state index < -0.39 is 29.5 Å². The molecule has 0 aromatic heterocycles. The van der Waals surface area contributed by atoms with E-state index >= 15 is 0 Å². The number of fused-ring (bicyclic) bond motifs is 2. The van der Waals surface area contributed by atoms with Gasteiger partial charge in [-0.15, -0.1) is 0 Å². The summed E-state index contributed by atoms with van der Waals surface area (Å²) >= 11 is 0. The number of aryl methyl sites for hydroxylation is 1. The van der Waals surface area contributed by atoms with Gasteiger partial charge < -0.3 is 14.2 Å². The maximum absolute atomic E-state index is 13.2. The molecule has 0 bridgehead atoms. The Morgan fingerprint density at radius 2 is 1.14 bits per heavy atom. The van der Waals surface area contributed by atoms with Gasteiger partial charge in [-0.25, -0.2) is 0 Å². The topological polar surface area (TPSA) is 113 Å². The van der Waals surface area contributed by atoms with Gasteiger partial charge in [0, 0.05) is 43.5 Å². The Hall–Kier alpha value is -3.81. The smallest absolute Gasteiger partial charge is 0.308 e. The zero-order valence-electron chi connectivity index (χ0n) is 16.1. The van der Waals surface area contributed by atoms with Crippen LogP contribution in [0.2, 0.25) is 0 Å². The van der Waals surface area contributed by atoms with Gasteiger partial charge in [-0.1, -0.05) is 0 Å². The number of carbonyl (C=O) groups is 5. The zero-order chi connectivity index (χ0) is 21.5. The first-order valence-corrected chi connectivity index (χ1v) is 8.55. The van der Waals surface area contributed by atoms with E-state index in [0.717, 1.165) is 6.92 Å². The SMILES string of the molecule is CC(=O)Oc1cc(C)c2c(c1)C(=O)c1cc(OC(C)=O)cc(OC(C)=O)c1C2=O. The molecule has 0 spiro atoms. The van der Waals surface area contributed by atoms with Gasteiger partial charge in [0.25, 0.3) is 0 Å². The number of benzene rings is 2. The van der Waals surface area contributed by atoms with Gasteiger partial charge in [0.15, 0.2) is 11.6 Å². The lowest BCUT2D eigenvalue weighted by Gasteiger charge is -2.22. The molecule has 0 atom stereocenters. The summed E-state index contributed by atoms with van der Waals surface area (Å²) in [5.74, 6) is -3.14. The van der Waals surface area contributed by atoms with Crippen LogP contribution in [-0.4, -0.2) is 29.5 Å². The molecule has 29 heavy (non-hydrogen) atoms. The molecule has 0 saturated carbocycles. The van der Waals surface area contributed by atoms with Crippen LogP contribution in [0.1, 0.15) is 58.2 Å². The third-order valence-electron chi connectivity index (χ3n) is 4.10. The minimum absolute atomic E-state index is 0.0347. The molecule has 8 nitrogen and oxygen atoms in total. The van der Waals surface area contributed by atoms with Gasteiger partial charge in [-0.05, 0) is 30.7 Å². The van der Waals surface area contributed by atoms with Crippen LogP contribution in [0.4, 0.5) is 0 Å². The molecule has 3 rings (SSSR count). The Bertz CT molecular complexity index is 1110. The lowest BCUT2D eigenvalue weighted by Crippen LogP contribution is -2.24. The molecule has 1 aliphatic carbocycles. The third kappa shape index (κ3) is 3.77. The predicted molar refractivity (Wildman–Crippen MR) is 98.4 cm³/mol. The molecule has 2 aromatic rings. The van der Waals surface area contributed by atoms with E-state index in [-0.39, 0.29) is 39.5 Å². The molecule has 1 aliphatic rings. The first kappa shape index (κ1) is 19.9. The van der Waals surface area contributed by atoms with Crippen LogP contribution in [0.15, 0.2) is 24.3 Å². The lowest BCUT2D eigenvalue weighted by molar-refractivity contribution is -0.133. The quantitative estimate of drug-likeness (QED) is 0.490. The van der Waals surface area contributed by atoms with Crippen molar-refractivity contribution in [2.45, 2.75) is 27.7 Å². The number of hydrogen-bond donors (Lipinski definition) is 0. The van der Waals surface area contributed by atoms with Crippen LogP contribution in [-0.2, 0) is 14.4 Å². The molecule has 0 aliphatic heterocycles. The van der Waals surface area contributed by atoms with Gasteiger partial charge >= 0.3 is 17.9 Å². The number of ether oxygens (including phenoxy) is 3. The zero-order valence-corrected chi connectivity index (χ0v) is 16.1. The highest BCUT2D eigenvalue weighted by molar-refractivity contribution is 6.30. The molecule has 0 saturated heterocycles. The molecule has 148 valence electrons. The van der Waals surface area contributed by atoms with E-state index in [0.29, 0.717) is 5.56 Å². The summed E-state index contributed by atoms with van der Waals surface area (Å²) in [5, 5.41) is 0. The second-order valence-electron chi connectivity index (χ2n) is 6.45. The van der Waals surface area contributed by atoms with Crippen molar-refractivity contribution in [1.82, 2.24) is 0 Å². The average Bonchev–Trinajstić information content (AvgIpc) is 2.57. The van der Waals surface area contributed by atoms with Crippen molar-refractivity contribution in [1.29, 1.82) is 0 Å². The molecule has 0 N–H and O–H groups in total. The van der Waals surface area contributed by atoms with Crippen LogP contribution < -0.4 is 14.2 Å². The maximum Gasteiger partial charge on any atom is 0.308 e. The highest BCUT2D eigenvalue weighted by atomic mass is 16.5. The second-order valence-corrected chi connectivity index (χ2v) is 6.45. The van der Waals surface area contributed by atoms with Gasteiger partial charge in [-0.3, -0.25) is 24.0 Å². The number of hydrogen-bond acceptors (Lipinski definition) is 8. The molecule has 0 heterocycles. The first-order chi connectivity index (χ1) is 13.6. The van der Waals surface area contributed by atoms with Crippen LogP contribution >= 0.6 is 0 Å². The van der Waals surface area contributed by atoms with E-state index in [1.165, 1.54) is 38.1 Å². The third-order valence-corrected chi connectivity index (χ3v) is 4.10. The van der Waals surface area contributed by atoms with Crippen molar-refractivity contribution in [3.8, 4) is 17.2 Å². The molecule has 0 unspecified atom stereocenters. The molecule has 8 heteroatoms. The Kier molecular flexibility index (Phi) is 5.02. The van der Waals surface area contributed by atoms with Gasteiger partial charge in [0.05, 0.1) is 5.56 Å². The Labute approximate surface area is 165 Å². The summed E-state index contributed by atoms with van der Waals surface area (Å²) < 4.78 is 15.2. The summed E-state index contributed by atoms with van der Waals surface area (Å²) in [5.41, 5.74) is 0.383. The van der Waals surface area contributed by atoms with E-state index in [2.05, 4.69) is 0 Å². The minimum atomic E-state index is -0.708. The molecular formula is C21H16O8. The van der Waals surface area contributed by atoms with Crippen LogP contribution in [0, 0.1) is 6.92 Å². The Balaban J connectivity index is 2.25. The summed E-state index contributed by atoms with van der Waals surface area (Å²) in [7, 11) is 0. The maximum atomic E-state index is 13.2. The van der Waals surface area contributed by atoms with E-state index in [1.807, 2.05) is 0 Å². The molecular weight excluding hydrogens is 380 g/mol. The summed E-state index contributed by atoms with van der Waals surface area (Å²) in [4.78, 5) is 60.4. The summed E-state index contributed by atoms with van der Waals surface area (Å²) in [6.45, 7) is 5.13. The predicted octanol–water partition coefficient (Wildman–Crippen LogP) is 2.55.